The molecule has 3 rings (SSSR count). The molecule has 25 heavy (non-hydrogen) atoms. The number of benzene rings is 2. The summed E-state index contributed by atoms with van der Waals surface area (Å²) in [6.45, 7) is 2.59. The van der Waals surface area contributed by atoms with Crippen LogP contribution in [0.3, 0.4) is 0 Å². The van der Waals surface area contributed by atoms with Crippen LogP contribution in [-0.2, 0) is 9.53 Å². The van der Waals surface area contributed by atoms with Gasteiger partial charge in [-0.25, -0.2) is 9.82 Å². The lowest BCUT2D eigenvalue weighted by Crippen LogP contribution is -2.44. The van der Waals surface area contributed by atoms with E-state index in [1.165, 1.54) is 18.3 Å². The summed E-state index contributed by atoms with van der Waals surface area (Å²) in [5.74, 6) is -0.510. The van der Waals surface area contributed by atoms with Crippen molar-refractivity contribution in [3.05, 3.63) is 71.5 Å². The molecule has 0 bridgehead atoms. The van der Waals surface area contributed by atoms with Gasteiger partial charge in [0.1, 0.15) is 11.9 Å². The van der Waals surface area contributed by atoms with E-state index in [9.17, 15) is 9.18 Å². The number of amides is 1. The highest BCUT2D eigenvalue weighted by molar-refractivity contribution is 5.85. The highest BCUT2D eigenvalue weighted by atomic mass is 19.1. The SMILES string of the molecule is O=C(NN=Cc1ccc(F)cc1)[C@@H](c1ccccc1)N1CCOCC1. The number of halogens is 1. The molecule has 5 nitrogen and oxygen atoms in total. The smallest absolute Gasteiger partial charge is 0.262 e. The molecule has 0 spiro atoms. The van der Waals surface area contributed by atoms with Crippen LogP contribution in [0.4, 0.5) is 4.39 Å². The van der Waals surface area contributed by atoms with E-state index in [1.54, 1.807) is 12.1 Å². The number of hydrogen-bond acceptors (Lipinski definition) is 4. The molecule has 130 valence electrons. The van der Waals surface area contributed by atoms with Crippen molar-refractivity contribution in [3.8, 4) is 0 Å². The Hall–Kier alpha value is -2.57. The minimum Gasteiger partial charge on any atom is -0.379 e. The van der Waals surface area contributed by atoms with Crippen LogP contribution in [0.15, 0.2) is 59.7 Å². The molecule has 0 aliphatic carbocycles. The topological polar surface area (TPSA) is 53.9 Å². The van der Waals surface area contributed by atoms with Crippen LogP contribution in [0.2, 0.25) is 0 Å². The Labute approximate surface area is 146 Å². The molecule has 1 saturated heterocycles. The lowest BCUT2D eigenvalue weighted by Gasteiger charge is -2.33. The summed E-state index contributed by atoms with van der Waals surface area (Å²) >= 11 is 0. The molecule has 1 heterocycles. The number of morpholine rings is 1. The second-order valence-electron chi connectivity index (χ2n) is 5.75. The molecule has 1 fully saturated rings. The standard InChI is InChI=1S/C19H20FN3O2/c20-17-8-6-15(7-9-17)14-21-22-19(24)18(16-4-2-1-3-5-16)23-10-12-25-13-11-23/h1-9,14,18H,10-13H2,(H,22,24)/t18-/m1/s1. The lowest BCUT2D eigenvalue weighted by molar-refractivity contribution is -0.128. The van der Waals surface area contributed by atoms with Crippen molar-refractivity contribution in [1.82, 2.24) is 10.3 Å². The van der Waals surface area contributed by atoms with E-state index in [4.69, 9.17) is 4.74 Å². The zero-order chi connectivity index (χ0) is 17.5. The van der Waals surface area contributed by atoms with Crippen molar-refractivity contribution in [2.45, 2.75) is 6.04 Å². The van der Waals surface area contributed by atoms with E-state index in [2.05, 4.69) is 15.4 Å². The molecule has 0 aromatic heterocycles. The fourth-order valence-electron chi connectivity index (χ4n) is 2.78. The first-order chi connectivity index (χ1) is 12.2. The van der Waals surface area contributed by atoms with Crippen LogP contribution < -0.4 is 5.43 Å². The number of hydrogen-bond donors (Lipinski definition) is 1. The van der Waals surface area contributed by atoms with E-state index >= 15 is 0 Å². The first-order valence-corrected chi connectivity index (χ1v) is 8.19. The minimum absolute atomic E-state index is 0.202. The van der Waals surface area contributed by atoms with Crippen LogP contribution in [0.1, 0.15) is 17.2 Å². The van der Waals surface area contributed by atoms with Gasteiger partial charge in [-0.2, -0.15) is 5.10 Å². The summed E-state index contributed by atoms with van der Waals surface area (Å²) < 4.78 is 18.3. The van der Waals surface area contributed by atoms with Crippen molar-refractivity contribution in [2.75, 3.05) is 26.3 Å². The molecule has 2 aromatic carbocycles. The van der Waals surface area contributed by atoms with E-state index in [-0.39, 0.29) is 11.7 Å². The van der Waals surface area contributed by atoms with E-state index in [1.807, 2.05) is 30.3 Å². The van der Waals surface area contributed by atoms with Gasteiger partial charge in [0, 0.05) is 13.1 Å². The van der Waals surface area contributed by atoms with E-state index in [0.29, 0.717) is 31.9 Å². The summed E-state index contributed by atoms with van der Waals surface area (Å²) in [5.41, 5.74) is 4.22. The summed E-state index contributed by atoms with van der Waals surface area (Å²) in [5, 5.41) is 4.01. The Balaban J connectivity index is 1.71. The third-order valence-corrected chi connectivity index (χ3v) is 4.03. The predicted octanol–water partition coefficient (Wildman–Crippen LogP) is 2.35. The molecule has 1 aliphatic heterocycles. The van der Waals surface area contributed by atoms with Gasteiger partial charge in [-0.3, -0.25) is 9.69 Å². The second kappa shape index (κ2) is 8.50. The monoisotopic (exact) mass is 341 g/mol. The molecule has 1 atom stereocenters. The first kappa shape index (κ1) is 17.3. The minimum atomic E-state index is -0.421. The van der Waals surface area contributed by atoms with Crippen molar-refractivity contribution >= 4 is 12.1 Å². The Morgan fingerprint density at radius 3 is 2.48 bits per heavy atom. The van der Waals surface area contributed by atoms with Crippen LogP contribution in [0.5, 0.6) is 0 Å². The number of nitrogens with zero attached hydrogens (tertiary/aromatic N) is 2. The lowest BCUT2D eigenvalue weighted by atomic mass is 10.0. The number of carbonyl (C=O) groups is 1. The van der Waals surface area contributed by atoms with Crippen molar-refractivity contribution in [1.29, 1.82) is 0 Å². The molecular weight excluding hydrogens is 321 g/mol. The van der Waals surface area contributed by atoms with Crippen LogP contribution in [0, 0.1) is 5.82 Å². The van der Waals surface area contributed by atoms with Gasteiger partial charge in [-0.1, -0.05) is 42.5 Å². The molecule has 0 unspecified atom stereocenters. The largest absolute Gasteiger partial charge is 0.379 e. The molecule has 0 saturated carbocycles. The summed E-state index contributed by atoms with van der Waals surface area (Å²) in [7, 11) is 0. The fraction of sp³-hybridized carbons (Fsp3) is 0.263. The van der Waals surface area contributed by atoms with Gasteiger partial charge >= 0.3 is 0 Å². The maximum absolute atomic E-state index is 12.9. The Morgan fingerprint density at radius 2 is 1.80 bits per heavy atom. The van der Waals surface area contributed by atoms with Crippen molar-refractivity contribution in [3.63, 3.8) is 0 Å². The van der Waals surface area contributed by atoms with Gasteiger partial charge in [-0.05, 0) is 23.3 Å². The number of carbonyl (C=O) groups excluding carboxylic acids is 1. The molecule has 1 amide bonds. The zero-order valence-electron chi connectivity index (χ0n) is 13.8. The summed E-state index contributed by atoms with van der Waals surface area (Å²) in [4.78, 5) is 14.8. The molecule has 2 aromatic rings. The normalized spacial score (nSPS) is 16.7. The zero-order valence-corrected chi connectivity index (χ0v) is 13.8. The third-order valence-electron chi connectivity index (χ3n) is 4.03. The predicted molar refractivity (Wildman–Crippen MR) is 93.7 cm³/mol. The maximum atomic E-state index is 12.9. The van der Waals surface area contributed by atoms with E-state index in [0.717, 1.165) is 5.56 Å². The average Bonchev–Trinajstić information content (AvgIpc) is 2.65. The molecule has 6 heteroatoms. The molecule has 1 N–H and O–H groups in total. The quantitative estimate of drug-likeness (QED) is 0.671. The maximum Gasteiger partial charge on any atom is 0.262 e. The van der Waals surface area contributed by atoms with Crippen molar-refractivity contribution < 1.29 is 13.9 Å². The molecule has 0 radical (unpaired) electrons. The number of nitrogens with one attached hydrogen (secondary N) is 1. The second-order valence-corrected chi connectivity index (χ2v) is 5.75. The van der Waals surface area contributed by atoms with Crippen LogP contribution in [-0.4, -0.2) is 43.3 Å². The van der Waals surface area contributed by atoms with Gasteiger partial charge in [0.15, 0.2) is 0 Å². The van der Waals surface area contributed by atoms with Gasteiger partial charge in [0.05, 0.1) is 19.4 Å². The number of hydrazone groups is 1. The van der Waals surface area contributed by atoms with Gasteiger partial charge in [-0.15, -0.1) is 0 Å². The Morgan fingerprint density at radius 1 is 1.12 bits per heavy atom. The first-order valence-electron chi connectivity index (χ1n) is 8.19. The average molecular weight is 341 g/mol. The Kier molecular flexibility index (Phi) is 5.87. The third kappa shape index (κ3) is 4.71. The Bertz CT molecular complexity index is 713. The van der Waals surface area contributed by atoms with Gasteiger partial charge in [0.2, 0.25) is 0 Å². The van der Waals surface area contributed by atoms with E-state index < -0.39 is 6.04 Å². The fourth-order valence-corrected chi connectivity index (χ4v) is 2.78. The molecule has 1 aliphatic rings. The number of ether oxygens (including phenoxy) is 1. The summed E-state index contributed by atoms with van der Waals surface area (Å²) in [6.07, 6.45) is 1.50. The van der Waals surface area contributed by atoms with Gasteiger partial charge < -0.3 is 4.74 Å². The number of rotatable bonds is 5. The van der Waals surface area contributed by atoms with Crippen LogP contribution >= 0.6 is 0 Å². The highest BCUT2D eigenvalue weighted by Gasteiger charge is 2.28. The van der Waals surface area contributed by atoms with Gasteiger partial charge in [0.25, 0.3) is 5.91 Å². The van der Waals surface area contributed by atoms with Crippen LogP contribution in [0.25, 0.3) is 0 Å². The molecular formula is C19H20FN3O2. The highest BCUT2D eigenvalue weighted by Crippen LogP contribution is 2.22. The van der Waals surface area contributed by atoms with Crippen molar-refractivity contribution in [2.24, 2.45) is 5.10 Å². The summed E-state index contributed by atoms with van der Waals surface area (Å²) in [6, 6.07) is 15.1.